The predicted molar refractivity (Wildman–Crippen MR) is 76.2 cm³/mol. The molecule has 0 aliphatic carbocycles. The van der Waals surface area contributed by atoms with Crippen LogP contribution in [0.1, 0.15) is 17.3 Å². The fraction of sp³-hybridized carbons (Fsp3) is 0.429. The van der Waals surface area contributed by atoms with Crippen LogP contribution in [0.5, 0.6) is 0 Å². The van der Waals surface area contributed by atoms with Crippen LogP contribution in [0, 0.1) is 0 Å². The normalized spacial score (nSPS) is 22.0. The number of hydrogen-bond acceptors (Lipinski definition) is 4. The Hall–Kier alpha value is -1.74. The zero-order chi connectivity index (χ0) is 17.2. The first-order chi connectivity index (χ1) is 10.7. The lowest BCUT2D eigenvalue weighted by atomic mass is 10.1. The van der Waals surface area contributed by atoms with Crippen LogP contribution in [0.3, 0.4) is 0 Å². The Morgan fingerprint density at radius 3 is 2.39 bits per heavy atom. The van der Waals surface area contributed by atoms with Crippen molar-refractivity contribution in [2.75, 3.05) is 13.1 Å². The summed E-state index contributed by atoms with van der Waals surface area (Å²) < 4.78 is 42.0. The zero-order valence-corrected chi connectivity index (χ0v) is 12.9. The molecule has 1 heterocycles. The number of carbonyl (C=O) groups is 2. The Morgan fingerprint density at radius 2 is 1.87 bits per heavy atom. The van der Waals surface area contributed by atoms with Crippen molar-refractivity contribution in [2.45, 2.75) is 29.5 Å². The Labute approximate surface area is 134 Å². The van der Waals surface area contributed by atoms with Crippen LogP contribution in [-0.4, -0.2) is 52.7 Å². The van der Waals surface area contributed by atoms with Crippen molar-refractivity contribution in [3.05, 3.63) is 29.8 Å². The van der Waals surface area contributed by atoms with Gasteiger partial charge in [-0.15, -0.1) is 0 Å². The van der Waals surface area contributed by atoms with E-state index in [1.54, 1.807) is 6.92 Å². The van der Waals surface area contributed by atoms with Crippen molar-refractivity contribution < 1.29 is 32.6 Å². The number of rotatable bonds is 3. The van der Waals surface area contributed by atoms with Gasteiger partial charge in [-0.25, -0.2) is 4.79 Å². The highest BCUT2D eigenvalue weighted by atomic mass is 32.2. The van der Waals surface area contributed by atoms with Gasteiger partial charge in [-0.05, 0) is 43.0 Å². The van der Waals surface area contributed by atoms with Crippen molar-refractivity contribution >= 4 is 23.6 Å². The fourth-order valence-corrected chi connectivity index (χ4v) is 2.77. The van der Waals surface area contributed by atoms with Crippen LogP contribution in [-0.2, 0) is 9.53 Å². The summed E-state index contributed by atoms with van der Waals surface area (Å²) in [5, 5.41) is 9.00. The largest absolute Gasteiger partial charge is 0.479 e. The summed E-state index contributed by atoms with van der Waals surface area (Å²) in [6.45, 7) is 1.78. The molecule has 1 aromatic carbocycles. The molecule has 23 heavy (non-hydrogen) atoms. The van der Waals surface area contributed by atoms with Crippen molar-refractivity contribution in [2.24, 2.45) is 0 Å². The van der Waals surface area contributed by atoms with Gasteiger partial charge in [0.2, 0.25) is 0 Å². The van der Waals surface area contributed by atoms with E-state index in [0.717, 1.165) is 0 Å². The molecule has 1 unspecified atom stereocenters. The number of benzene rings is 1. The number of halogens is 3. The Balaban J connectivity index is 2.09. The van der Waals surface area contributed by atoms with E-state index in [4.69, 9.17) is 9.84 Å². The highest BCUT2D eigenvalue weighted by Crippen LogP contribution is 2.36. The average Bonchev–Trinajstić information content (AvgIpc) is 2.45. The number of carbonyl (C=O) groups excluding carboxylic acids is 1. The number of carboxylic acids is 1. The summed E-state index contributed by atoms with van der Waals surface area (Å²) in [7, 11) is 0. The lowest BCUT2D eigenvalue weighted by Crippen LogP contribution is -2.51. The number of morpholine rings is 1. The van der Waals surface area contributed by atoms with E-state index in [-0.39, 0.29) is 35.3 Å². The predicted octanol–water partition coefficient (Wildman–Crippen LogP) is 2.61. The molecule has 0 radical (unpaired) electrons. The van der Waals surface area contributed by atoms with Crippen LogP contribution >= 0.6 is 11.8 Å². The summed E-state index contributed by atoms with van der Waals surface area (Å²) in [5.74, 6) is -1.60. The topological polar surface area (TPSA) is 66.8 Å². The molecule has 2 atom stereocenters. The molecule has 1 fully saturated rings. The SMILES string of the molecule is C[C@@H]1CN(C(=O)c2ccc(SC(F)(F)F)cc2)CC(C(=O)O)O1. The van der Waals surface area contributed by atoms with Gasteiger partial charge in [0, 0.05) is 17.0 Å². The van der Waals surface area contributed by atoms with Crippen LogP contribution in [0.25, 0.3) is 0 Å². The second-order valence-corrected chi connectivity index (χ2v) is 6.19. The molecule has 1 aromatic rings. The summed E-state index contributed by atoms with van der Waals surface area (Å²) in [6, 6.07) is 5.02. The number of hydrogen-bond donors (Lipinski definition) is 1. The van der Waals surface area contributed by atoms with Gasteiger partial charge < -0.3 is 14.7 Å². The summed E-state index contributed by atoms with van der Waals surface area (Å²) in [6.07, 6.45) is -1.54. The van der Waals surface area contributed by atoms with Gasteiger partial charge in [0.1, 0.15) is 0 Å². The molecule has 0 saturated carbocycles. The van der Waals surface area contributed by atoms with Crippen molar-refractivity contribution in [1.82, 2.24) is 4.90 Å². The Kier molecular flexibility index (Phi) is 5.20. The molecular weight excluding hydrogens is 335 g/mol. The number of aliphatic carboxylic acids is 1. The van der Waals surface area contributed by atoms with Crippen molar-refractivity contribution in [3.8, 4) is 0 Å². The van der Waals surface area contributed by atoms with E-state index in [1.165, 1.54) is 29.2 Å². The van der Waals surface area contributed by atoms with Gasteiger partial charge in [-0.2, -0.15) is 13.2 Å². The van der Waals surface area contributed by atoms with Crippen LogP contribution in [0.2, 0.25) is 0 Å². The maximum Gasteiger partial charge on any atom is 0.446 e. The third-order valence-corrected chi connectivity index (χ3v) is 3.90. The van der Waals surface area contributed by atoms with Crippen LogP contribution < -0.4 is 0 Å². The summed E-state index contributed by atoms with van der Waals surface area (Å²) in [5.41, 5.74) is -4.19. The van der Waals surface area contributed by atoms with Gasteiger partial charge in [-0.3, -0.25) is 4.79 Å². The van der Waals surface area contributed by atoms with Gasteiger partial charge in [0.15, 0.2) is 6.10 Å². The van der Waals surface area contributed by atoms with E-state index in [9.17, 15) is 22.8 Å². The van der Waals surface area contributed by atoms with Crippen molar-refractivity contribution in [1.29, 1.82) is 0 Å². The van der Waals surface area contributed by atoms with Gasteiger partial charge >= 0.3 is 11.5 Å². The summed E-state index contributed by atoms with van der Waals surface area (Å²) in [4.78, 5) is 24.7. The summed E-state index contributed by atoms with van der Waals surface area (Å²) >= 11 is -0.261. The number of amides is 1. The standard InChI is InChI=1S/C14H14F3NO4S/c1-8-6-18(7-11(22-8)13(20)21)12(19)9-2-4-10(5-3-9)23-14(15,16)17/h2-5,8,11H,6-7H2,1H3,(H,20,21)/t8-,11?/m1/s1. The third kappa shape index (κ3) is 4.87. The number of ether oxygens (including phenoxy) is 1. The molecular formula is C14H14F3NO4S. The molecule has 126 valence electrons. The molecule has 1 aliphatic rings. The first kappa shape index (κ1) is 17.6. The highest BCUT2D eigenvalue weighted by molar-refractivity contribution is 8.00. The monoisotopic (exact) mass is 349 g/mol. The molecule has 0 aromatic heterocycles. The maximum atomic E-state index is 12.4. The first-order valence-corrected chi connectivity index (χ1v) is 7.50. The lowest BCUT2D eigenvalue weighted by Gasteiger charge is -2.35. The minimum Gasteiger partial charge on any atom is -0.479 e. The van der Waals surface area contributed by atoms with E-state index in [1.807, 2.05) is 0 Å². The van der Waals surface area contributed by atoms with E-state index >= 15 is 0 Å². The number of nitrogens with zero attached hydrogens (tertiary/aromatic N) is 1. The van der Waals surface area contributed by atoms with E-state index in [2.05, 4.69) is 0 Å². The minimum absolute atomic E-state index is 0.0205. The van der Waals surface area contributed by atoms with Crippen LogP contribution in [0.15, 0.2) is 29.2 Å². The lowest BCUT2D eigenvalue weighted by molar-refractivity contribution is -0.160. The second kappa shape index (κ2) is 6.79. The molecule has 9 heteroatoms. The number of carboxylic acid groups (broad SMARTS) is 1. The molecule has 1 amide bonds. The third-order valence-electron chi connectivity index (χ3n) is 3.16. The average molecular weight is 349 g/mol. The maximum absolute atomic E-state index is 12.4. The minimum atomic E-state index is -4.39. The van der Waals surface area contributed by atoms with Crippen molar-refractivity contribution in [3.63, 3.8) is 0 Å². The van der Waals surface area contributed by atoms with E-state index < -0.39 is 29.6 Å². The van der Waals surface area contributed by atoms with Gasteiger partial charge in [0.05, 0.1) is 12.6 Å². The second-order valence-electron chi connectivity index (χ2n) is 5.06. The van der Waals surface area contributed by atoms with Crippen LogP contribution in [0.4, 0.5) is 13.2 Å². The number of alkyl halides is 3. The first-order valence-electron chi connectivity index (χ1n) is 6.69. The Bertz CT molecular complexity index is 591. The molecule has 1 aliphatic heterocycles. The van der Waals surface area contributed by atoms with Gasteiger partial charge in [-0.1, -0.05) is 0 Å². The molecule has 2 rings (SSSR count). The zero-order valence-electron chi connectivity index (χ0n) is 12.0. The quantitative estimate of drug-likeness (QED) is 0.850. The van der Waals surface area contributed by atoms with Gasteiger partial charge in [0.25, 0.3) is 5.91 Å². The molecule has 0 spiro atoms. The highest BCUT2D eigenvalue weighted by Gasteiger charge is 2.33. The molecule has 1 N–H and O–H groups in total. The molecule has 0 bridgehead atoms. The fourth-order valence-electron chi connectivity index (χ4n) is 2.24. The number of thioether (sulfide) groups is 1. The molecule has 5 nitrogen and oxygen atoms in total. The van der Waals surface area contributed by atoms with E-state index in [0.29, 0.717) is 0 Å². The molecule has 1 saturated heterocycles. The smallest absolute Gasteiger partial charge is 0.446 e. The Morgan fingerprint density at radius 1 is 1.26 bits per heavy atom.